The van der Waals surface area contributed by atoms with Crippen molar-refractivity contribution in [2.24, 2.45) is 0 Å². The van der Waals surface area contributed by atoms with Gasteiger partial charge in [0.05, 0.1) is 23.7 Å². The van der Waals surface area contributed by atoms with E-state index >= 15 is 0 Å². The number of carbonyl (C=O) groups excluding carboxylic acids is 3. The second-order valence-corrected chi connectivity index (χ2v) is 9.42. The molecule has 0 atom stereocenters. The lowest BCUT2D eigenvalue weighted by Crippen LogP contribution is -2.49. The number of halogens is 1. The topological polar surface area (TPSA) is 131 Å². The highest BCUT2D eigenvalue weighted by Crippen LogP contribution is 2.20. The Morgan fingerprint density at radius 1 is 1.20 bits per heavy atom. The van der Waals surface area contributed by atoms with Gasteiger partial charge < -0.3 is 14.8 Å². The average Bonchev–Trinajstić information content (AvgIpc) is 2.65. The lowest BCUT2D eigenvalue weighted by atomic mass is 10.1. The molecule has 1 aliphatic heterocycles. The number of morpholine rings is 1. The van der Waals surface area contributed by atoms with Crippen LogP contribution in [0.1, 0.15) is 31.1 Å². The predicted molar refractivity (Wildman–Crippen MR) is 103 cm³/mol. The molecule has 0 aromatic heterocycles. The number of nitrogens with one attached hydrogen (secondary N) is 2. The number of hydrogen-bond donors (Lipinski definition) is 2. The average molecular weight is 445 g/mol. The van der Waals surface area contributed by atoms with Crippen molar-refractivity contribution in [3.05, 3.63) is 29.6 Å². The van der Waals surface area contributed by atoms with Gasteiger partial charge in [0.25, 0.3) is 5.91 Å². The minimum atomic E-state index is -3.95. The molecule has 0 bridgehead atoms. The summed E-state index contributed by atoms with van der Waals surface area (Å²) in [5, 5.41) is 4.44. The molecule has 30 heavy (non-hydrogen) atoms. The van der Waals surface area contributed by atoms with Gasteiger partial charge >= 0.3 is 12.0 Å². The number of carbonyl (C=O) groups is 3. The summed E-state index contributed by atoms with van der Waals surface area (Å²) in [6.07, 6.45) is 0. The third-order valence-electron chi connectivity index (χ3n) is 3.84. The standard InChI is InChI=1S/C18H24FN3O7S/c1-18(2,3)21-17(25)20-15(23)11-29-16(24)13-10-12(4-5-14(13)19)30(26,27)22-6-8-28-9-7-22/h4-5,10H,6-9,11H2,1-3H3,(H2,20,21,23,25). The number of amides is 3. The highest BCUT2D eigenvalue weighted by molar-refractivity contribution is 7.89. The SMILES string of the molecule is CC(C)(C)NC(=O)NC(=O)COC(=O)c1cc(S(=O)(=O)N2CCOCC2)ccc1F. The molecule has 1 heterocycles. The first-order chi connectivity index (χ1) is 13.9. The van der Waals surface area contributed by atoms with Crippen LogP contribution in [0.25, 0.3) is 0 Å². The lowest BCUT2D eigenvalue weighted by Gasteiger charge is -2.26. The Hall–Kier alpha value is -2.57. The molecule has 1 fully saturated rings. The molecule has 1 aliphatic rings. The monoisotopic (exact) mass is 445 g/mol. The molecule has 2 rings (SSSR count). The molecule has 1 aromatic carbocycles. The molecular formula is C18H24FN3O7S. The lowest BCUT2D eigenvalue weighted by molar-refractivity contribution is -0.123. The van der Waals surface area contributed by atoms with Crippen LogP contribution in [-0.4, -0.2) is 69.1 Å². The number of ether oxygens (including phenoxy) is 2. The van der Waals surface area contributed by atoms with Gasteiger partial charge in [0.1, 0.15) is 5.82 Å². The van der Waals surface area contributed by atoms with Crippen LogP contribution >= 0.6 is 0 Å². The van der Waals surface area contributed by atoms with E-state index < -0.39 is 51.5 Å². The Balaban J connectivity index is 2.04. The number of sulfonamides is 1. The van der Waals surface area contributed by atoms with E-state index in [1.807, 2.05) is 5.32 Å². The van der Waals surface area contributed by atoms with Crippen LogP contribution in [0.4, 0.5) is 9.18 Å². The van der Waals surface area contributed by atoms with Gasteiger partial charge in [-0.3, -0.25) is 10.1 Å². The normalized spacial score (nSPS) is 15.3. The van der Waals surface area contributed by atoms with Crippen LogP contribution in [0, 0.1) is 5.82 Å². The van der Waals surface area contributed by atoms with Gasteiger partial charge in [-0.25, -0.2) is 22.4 Å². The van der Waals surface area contributed by atoms with Crippen molar-refractivity contribution in [1.29, 1.82) is 0 Å². The summed E-state index contributed by atoms with van der Waals surface area (Å²) in [5.74, 6) is -3.17. The quantitative estimate of drug-likeness (QED) is 0.636. The summed E-state index contributed by atoms with van der Waals surface area (Å²) in [6.45, 7) is 5.00. The van der Waals surface area contributed by atoms with E-state index in [2.05, 4.69) is 5.32 Å². The zero-order chi connectivity index (χ0) is 22.5. The zero-order valence-corrected chi connectivity index (χ0v) is 17.7. The van der Waals surface area contributed by atoms with E-state index in [9.17, 15) is 27.2 Å². The molecule has 0 unspecified atom stereocenters. The Morgan fingerprint density at radius 3 is 2.43 bits per heavy atom. The second-order valence-electron chi connectivity index (χ2n) is 7.49. The summed E-state index contributed by atoms with van der Waals surface area (Å²) < 4.78 is 50.4. The van der Waals surface area contributed by atoms with Crippen LogP contribution in [0.5, 0.6) is 0 Å². The van der Waals surface area contributed by atoms with E-state index in [0.29, 0.717) is 0 Å². The summed E-state index contributed by atoms with van der Waals surface area (Å²) in [4.78, 5) is 35.2. The highest BCUT2D eigenvalue weighted by Gasteiger charge is 2.28. The van der Waals surface area contributed by atoms with Gasteiger partial charge in [-0.2, -0.15) is 4.31 Å². The van der Waals surface area contributed by atoms with Gasteiger partial charge in [0, 0.05) is 18.6 Å². The van der Waals surface area contributed by atoms with E-state index in [1.54, 1.807) is 20.8 Å². The molecule has 166 valence electrons. The molecule has 0 aliphatic carbocycles. The third-order valence-corrected chi connectivity index (χ3v) is 5.74. The van der Waals surface area contributed by atoms with Crippen LogP contribution in [0.3, 0.4) is 0 Å². The van der Waals surface area contributed by atoms with Gasteiger partial charge in [0.2, 0.25) is 10.0 Å². The molecule has 2 N–H and O–H groups in total. The van der Waals surface area contributed by atoms with Crippen molar-refractivity contribution in [1.82, 2.24) is 14.9 Å². The fourth-order valence-electron chi connectivity index (χ4n) is 2.50. The minimum absolute atomic E-state index is 0.135. The number of rotatable bonds is 5. The van der Waals surface area contributed by atoms with Gasteiger partial charge in [-0.15, -0.1) is 0 Å². The van der Waals surface area contributed by atoms with Crippen LogP contribution in [0.15, 0.2) is 23.1 Å². The first kappa shape index (κ1) is 23.7. The van der Waals surface area contributed by atoms with Crippen molar-refractivity contribution in [2.45, 2.75) is 31.2 Å². The summed E-state index contributed by atoms with van der Waals surface area (Å²) in [7, 11) is -3.95. The number of hydrogen-bond acceptors (Lipinski definition) is 7. The maximum Gasteiger partial charge on any atom is 0.341 e. The van der Waals surface area contributed by atoms with Gasteiger partial charge in [-0.05, 0) is 39.0 Å². The predicted octanol–water partition coefficient (Wildman–Crippen LogP) is 0.628. The van der Waals surface area contributed by atoms with Crippen molar-refractivity contribution in [2.75, 3.05) is 32.9 Å². The Labute approximate surface area is 173 Å². The molecule has 0 radical (unpaired) electrons. The number of imide groups is 1. The molecule has 0 saturated carbocycles. The number of benzene rings is 1. The highest BCUT2D eigenvalue weighted by atomic mass is 32.2. The van der Waals surface area contributed by atoms with Crippen molar-refractivity contribution in [3.63, 3.8) is 0 Å². The Kier molecular flexibility index (Phi) is 7.50. The van der Waals surface area contributed by atoms with Gasteiger partial charge in [-0.1, -0.05) is 0 Å². The van der Waals surface area contributed by atoms with E-state index in [1.165, 1.54) is 4.31 Å². The molecular weight excluding hydrogens is 421 g/mol. The maximum absolute atomic E-state index is 14.1. The largest absolute Gasteiger partial charge is 0.452 e. The van der Waals surface area contributed by atoms with Crippen molar-refractivity contribution < 1.29 is 36.7 Å². The minimum Gasteiger partial charge on any atom is -0.452 e. The third kappa shape index (κ3) is 6.47. The fourth-order valence-corrected chi connectivity index (χ4v) is 3.94. The van der Waals surface area contributed by atoms with E-state index in [-0.39, 0.29) is 31.2 Å². The summed E-state index contributed by atoms with van der Waals surface area (Å²) in [6, 6.07) is 1.95. The van der Waals surface area contributed by atoms with Crippen molar-refractivity contribution in [3.8, 4) is 0 Å². The van der Waals surface area contributed by atoms with E-state index in [4.69, 9.17) is 9.47 Å². The first-order valence-corrected chi connectivity index (χ1v) is 10.5. The van der Waals surface area contributed by atoms with E-state index in [0.717, 1.165) is 18.2 Å². The first-order valence-electron chi connectivity index (χ1n) is 9.07. The maximum atomic E-state index is 14.1. The Morgan fingerprint density at radius 2 is 1.83 bits per heavy atom. The summed E-state index contributed by atoms with van der Waals surface area (Å²) in [5.41, 5.74) is -1.23. The molecule has 10 nitrogen and oxygen atoms in total. The van der Waals surface area contributed by atoms with Crippen LogP contribution < -0.4 is 10.6 Å². The number of nitrogens with zero attached hydrogens (tertiary/aromatic N) is 1. The number of urea groups is 1. The number of esters is 1. The molecule has 0 spiro atoms. The second kappa shape index (κ2) is 9.49. The van der Waals surface area contributed by atoms with Gasteiger partial charge in [0.15, 0.2) is 6.61 Å². The molecule has 3 amide bonds. The Bertz CT molecular complexity index is 922. The molecule has 1 saturated heterocycles. The molecule has 1 aromatic rings. The fraction of sp³-hybridized carbons (Fsp3) is 0.500. The summed E-state index contributed by atoms with van der Waals surface area (Å²) >= 11 is 0. The zero-order valence-electron chi connectivity index (χ0n) is 16.9. The van der Waals surface area contributed by atoms with Crippen LogP contribution in [-0.2, 0) is 24.3 Å². The molecule has 12 heteroatoms. The smallest absolute Gasteiger partial charge is 0.341 e. The van der Waals surface area contributed by atoms with Crippen molar-refractivity contribution >= 4 is 27.9 Å². The van der Waals surface area contributed by atoms with Crippen LogP contribution in [0.2, 0.25) is 0 Å².